The number of nitrogens with zero attached hydrogens (tertiary/aromatic N) is 1. The average molecular weight is 301 g/mol. The number of phenolic OH excluding ortho intramolecular Hbond substituents is 1. The first-order valence-electron chi connectivity index (χ1n) is 6.07. The van der Waals surface area contributed by atoms with Gasteiger partial charge in [0.1, 0.15) is 5.75 Å². The fourth-order valence-electron chi connectivity index (χ4n) is 1.86. The number of fused-ring (bicyclic) bond motifs is 1. The summed E-state index contributed by atoms with van der Waals surface area (Å²) in [6, 6.07) is 12.5. The van der Waals surface area contributed by atoms with Gasteiger partial charge in [0.15, 0.2) is 0 Å². The van der Waals surface area contributed by atoms with Crippen molar-refractivity contribution in [3.05, 3.63) is 42.5 Å². The van der Waals surface area contributed by atoms with Crippen molar-refractivity contribution in [1.82, 2.24) is 9.97 Å². The van der Waals surface area contributed by atoms with Gasteiger partial charge in [0.05, 0.1) is 11.0 Å². The molecule has 6 nitrogen and oxygen atoms in total. The maximum absolute atomic E-state index is 10.6. The van der Waals surface area contributed by atoms with Crippen LogP contribution in [0, 0.1) is 0 Å². The van der Waals surface area contributed by atoms with E-state index in [-0.39, 0.29) is 11.7 Å². The number of hydrogen-bond donors (Lipinski definition) is 4. The summed E-state index contributed by atoms with van der Waals surface area (Å²) in [6.07, 6.45) is -1.16. The number of benzene rings is 2. The van der Waals surface area contributed by atoms with E-state index in [0.717, 1.165) is 15.3 Å². The van der Waals surface area contributed by atoms with Crippen molar-refractivity contribution < 1.29 is 15.0 Å². The van der Waals surface area contributed by atoms with Gasteiger partial charge in [0.2, 0.25) is 5.95 Å². The minimum absolute atomic E-state index is 0.198. The third-order valence-corrected chi connectivity index (χ3v) is 3.75. The van der Waals surface area contributed by atoms with Gasteiger partial charge >= 0.3 is 6.09 Å². The SMILES string of the molecule is O=C(O)Nc1nc2ccc(Sc3ccc(O)cc3)cc2[nH]1. The van der Waals surface area contributed by atoms with Gasteiger partial charge in [-0.25, -0.2) is 9.78 Å². The fraction of sp³-hybridized carbons (Fsp3) is 0. The van der Waals surface area contributed by atoms with Gasteiger partial charge in [-0.15, -0.1) is 0 Å². The first-order valence-corrected chi connectivity index (χ1v) is 6.88. The largest absolute Gasteiger partial charge is 0.508 e. The summed E-state index contributed by atoms with van der Waals surface area (Å²) < 4.78 is 0. The number of H-pyrrole nitrogens is 1. The summed E-state index contributed by atoms with van der Waals surface area (Å²) in [5.41, 5.74) is 1.44. The third-order valence-electron chi connectivity index (χ3n) is 2.75. The first kappa shape index (κ1) is 13.3. The Hall–Kier alpha value is -2.67. The summed E-state index contributed by atoms with van der Waals surface area (Å²) in [6.45, 7) is 0. The van der Waals surface area contributed by atoms with Crippen molar-refractivity contribution >= 4 is 34.8 Å². The molecule has 106 valence electrons. The van der Waals surface area contributed by atoms with E-state index in [0.29, 0.717) is 5.52 Å². The number of rotatable bonds is 3. The Bertz CT molecular complexity index is 799. The molecule has 0 atom stereocenters. The quantitative estimate of drug-likeness (QED) is 0.593. The summed E-state index contributed by atoms with van der Waals surface area (Å²) in [5.74, 6) is 0.428. The zero-order valence-corrected chi connectivity index (χ0v) is 11.5. The molecule has 0 unspecified atom stereocenters. The Labute approximate surface area is 123 Å². The number of hydrogen-bond acceptors (Lipinski definition) is 4. The lowest BCUT2D eigenvalue weighted by Crippen LogP contribution is -2.08. The van der Waals surface area contributed by atoms with Gasteiger partial charge in [0.25, 0.3) is 0 Å². The predicted molar refractivity (Wildman–Crippen MR) is 80.0 cm³/mol. The number of anilines is 1. The Balaban J connectivity index is 1.86. The highest BCUT2D eigenvalue weighted by Gasteiger charge is 2.06. The molecule has 3 aromatic rings. The average Bonchev–Trinajstić information content (AvgIpc) is 2.82. The Morgan fingerprint density at radius 2 is 1.86 bits per heavy atom. The third kappa shape index (κ3) is 3.09. The zero-order valence-electron chi connectivity index (χ0n) is 10.7. The number of nitrogens with one attached hydrogen (secondary N) is 2. The predicted octanol–water partition coefficient (Wildman–Crippen LogP) is 3.51. The molecular formula is C14H11N3O3S. The molecule has 21 heavy (non-hydrogen) atoms. The maximum atomic E-state index is 10.6. The lowest BCUT2D eigenvalue weighted by atomic mass is 10.3. The van der Waals surface area contributed by atoms with Crippen LogP contribution in [-0.4, -0.2) is 26.3 Å². The molecular weight excluding hydrogens is 290 g/mol. The molecule has 4 N–H and O–H groups in total. The second-order valence-electron chi connectivity index (χ2n) is 4.29. The van der Waals surface area contributed by atoms with Crippen molar-refractivity contribution in [1.29, 1.82) is 0 Å². The lowest BCUT2D eigenvalue weighted by Gasteiger charge is -2.01. The maximum Gasteiger partial charge on any atom is 0.411 e. The van der Waals surface area contributed by atoms with E-state index in [1.807, 2.05) is 30.3 Å². The lowest BCUT2D eigenvalue weighted by molar-refractivity contribution is 0.209. The minimum Gasteiger partial charge on any atom is -0.508 e. The van der Waals surface area contributed by atoms with E-state index in [2.05, 4.69) is 15.3 Å². The molecule has 2 aromatic carbocycles. The molecule has 1 heterocycles. The van der Waals surface area contributed by atoms with Crippen LogP contribution < -0.4 is 5.32 Å². The van der Waals surface area contributed by atoms with E-state index in [1.165, 1.54) is 11.8 Å². The molecule has 1 amide bonds. The standard InChI is InChI=1S/C14H11N3O3S/c18-8-1-3-9(4-2-8)21-10-5-6-11-12(7-10)16-13(15-11)17-14(19)20/h1-7,18H,(H,19,20)(H2,15,16,17). The van der Waals surface area contributed by atoms with Crippen molar-refractivity contribution in [2.24, 2.45) is 0 Å². The van der Waals surface area contributed by atoms with Gasteiger partial charge in [-0.3, -0.25) is 5.32 Å². The zero-order chi connectivity index (χ0) is 14.8. The number of carboxylic acid groups (broad SMARTS) is 1. The van der Waals surface area contributed by atoms with Crippen LogP contribution in [-0.2, 0) is 0 Å². The normalized spacial score (nSPS) is 10.7. The molecule has 0 aliphatic rings. The monoisotopic (exact) mass is 301 g/mol. The van der Waals surface area contributed by atoms with Crippen molar-refractivity contribution in [2.45, 2.75) is 9.79 Å². The molecule has 0 aliphatic carbocycles. The molecule has 0 fully saturated rings. The molecule has 0 spiro atoms. The summed E-state index contributed by atoms with van der Waals surface area (Å²) in [4.78, 5) is 19.6. The van der Waals surface area contributed by atoms with E-state index >= 15 is 0 Å². The van der Waals surface area contributed by atoms with Crippen LogP contribution in [0.3, 0.4) is 0 Å². The van der Waals surface area contributed by atoms with E-state index in [9.17, 15) is 9.90 Å². The van der Waals surface area contributed by atoms with Crippen molar-refractivity contribution in [3.63, 3.8) is 0 Å². The Kier molecular flexibility index (Phi) is 3.41. The fourth-order valence-corrected chi connectivity index (χ4v) is 2.72. The molecule has 1 aromatic heterocycles. The molecule has 7 heteroatoms. The highest BCUT2D eigenvalue weighted by Crippen LogP contribution is 2.30. The number of amides is 1. The second-order valence-corrected chi connectivity index (χ2v) is 5.44. The summed E-state index contributed by atoms with van der Waals surface area (Å²) >= 11 is 1.54. The van der Waals surface area contributed by atoms with Crippen molar-refractivity contribution in [3.8, 4) is 5.75 Å². The van der Waals surface area contributed by atoms with Gasteiger partial charge in [-0.05, 0) is 42.5 Å². The Morgan fingerprint density at radius 3 is 2.57 bits per heavy atom. The number of imidazole rings is 1. The van der Waals surface area contributed by atoms with Crippen molar-refractivity contribution in [2.75, 3.05) is 5.32 Å². The van der Waals surface area contributed by atoms with E-state index in [1.54, 1.807) is 12.1 Å². The molecule has 3 rings (SSSR count). The van der Waals surface area contributed by atoms with Crippen LogP contribution in [0.1, 0.15) is 0 Å². The van der Waals surface area contributed by atoms with Crippen LogP contribution in [0.5, 0.6) is 5.75 Å². The number of phenols is 1. The molecule has 0 radical (unpaired) electrons. The highest BCUT2D eigenvalue weighted by atomic mass is 32.2. The van der Waals surface area contributed by atoms with Crippen LogP contribution >= 0.6 is 11.8 Å². The van der Waals surface area contributed by atoms with E-state index in [4.69, 9.17) is 5.11 Å². The Morgan fingerprint density at radius 1 is 1.14 bits per heavy atom. The van der Waals surface area contributed by atoms with E-state index < -0.39 is 6.09 Å². The van der Waals surface area contributed by atoms with Crippen LogP contribution in [0.15, 0.2) is 52.3 Å². The minimum atomic E-state index is -1.16. The smallest absolute Gasteiger partial charge is 0.411 e. The summed E-state index contributed by atoms with van der Waals surface area (Å²) in [7, 11) is 0. The van der Waals surface area contributed by atoms with Gasteiger partial charge in [-0.1, -0.05) is 11.8 Å². The molecule has 0 aliphatic heterocycles. The highest BCUT2D eigenvalue weighted by molar-refractivity contribution is 7.99. The number of aromatic hydroxyl groups is 1. The van der Waals surface area contributed by atoms with Crippen LogP contribution in [0.25, 0.3) is 11.0 Å². The van der Waals surface area contributed by atoms with Gasteiger partial charge in [-0.2, -0.15) is 0 Å². The first-order chi connectivity index (χ1) is 10.1. The van der Waals surface area contributed by atoms with Crippen LogP contribution in [0.4, 0.5) is 10.7 Å². The van der Waals surface area contributed by atoms with Gasteiger partial charge in [0, 0.05) is 9.79 Å². The van der Waals surface area contributed by atoms with Gasteiger partial charge < -0.3 is 15.2 Å². The van der Waals surface area contributed by atoms with Crippen LogP contribution in [0.2, 0.25) is 0 Å². The molecule has 0 saturated heterocycles. The number of aromatic amines is 1. The summed E-state index contributed by atoms with van der Waals surface area (Å²) in [5, 5.41) is 20.1. The molecule has 0 bridgehead atoms. The molecule has 0 saturated carbocycles. The second kappa shape index (κ2) is 5.37. The number of carbonyl (C=O) groups is 1. The number of aromatic nitrogens is 2. The topological polar surface area (TPSA) is 98.2 Å².